The molecule has 1 heterocycles. The van der Waals surface area contributed by atoms with E-state index in [-0.39, 0.29) is 5.97 Å². The van der Waals surface area contributed by atoms with Gasteiger partial charge in [-0.15, -0.1) is 0 Å². The Balaban J connectivity index is 1.85. The maximum atomic E-state index is 10.9. The second-order valence-electron chi connectivity index (χ2n) is 3.33. The van der Waals surface area contributed by atoms with E-state index in [1.807, 2.05) is 6.92 Å². The van der Waals surface area contributed by atoms with Gasteiger partial charge in [0, 0.05) is 11.7 Å². The summed E-state index contributed by atoms with van der Waals surface area (Å²) in [6.07, 6.45) is 5.44. The highest BCUT2D eigenvalue weighted by Gasteiger charge is 2.17. The second kappa shape index (κ2) is 6.30. The molecule has 0 aliphatic carbocycles. The summed E-state index contributed by atoms with van der Waals surface area (Å²) in [4.78, 5) is 10.9. The van der Waals surface area contributed by atoms with Crippen molar-refractivity contribution in [3.63, 3.8) is 0 Å². The molecule has 3 heteroatoms. The predicted molar refractivity (Wildman–Crippen MR) is 56.0 cm³/mol. The summed E-state index contributed by atoms with van der Waals surface area (Å²) in [6, 6.07) is 0. The van der Waals surface area contributed by atoms with Gasteiger partial charge >= 0.3 is 5.97 Å². The van der Waals surface area contributed by atoms with Crippen molar-refractivity contribution in [2.45, 2.75) is 44.3 Å². The second-order valence-corrected chi connectivity index (χ2v) is 4.74. The van der Waals surface area contributed by atoms with Crippen molar-refractivity contribution >= 4 is 17.7 Å². The molecule has 0 amide bonds. The van der Waals surface area contributed by atoms with Crippen molar-refractivity contribution in [3.8, 4) is 0 Å². The number of carbonyl (C=O) groups is 1. The molecule has 0 radical (unpaired) electrons. The first-order valence-corrected chi connectivity index (χ1v) is 6.15. The van der Waals surface area contributed by atoms with E-state index in [1.165, 1.54) is 25.0 Å². The summed E-state index contributed by atoms with van der Waals surface area (Å²) in [5.41, 5.74) is 0. The van der Waals surface area contributed by atoms with Crippen LogP contribution in [0.15, 0.2) is 0 Å². The van der Waals surface area contributed by atoms with Crippen molar-refractivity contribution in [3.05, 3.63) is 0 Å². The van der Waals surface area contributed by atoms with Gasteiger partial charge in [-0.05, 0) is 31.9 Å². The van der Waals surface area contributed by atoms with E-state index in [4.69, 9.17) is 4.74 Å². The SMILES string of the molecule is CCOC(=O)CCCCC1CCS1. The first kappa shape index (κ1) is 10.9. The van der Waals surface area contributed by atoms with Gasteiger partial charge in [0.15, 0.2) is 0 Å². The third kappa shape index (κ3) is 4.55. The normalized spacial score (nSPS) is 20.8. The molecule has 0 bridgehead atoms. The highest BCUT2D eigenvalue weighted by Crippen LogP contribution is 2.31. The van der Waals surface area contributed by atoms with E-state index in [9.17, 15) is 4.79 Å². The van der Waals surface area contributed by atoms with E-state index in [0.29, 0.717) is 13.0 Å². The molecule has 0 aromatic rings. The van der Waals surface area contributed by atoms with Gasteiger partial charge in [-0.1, -0.05) is 6.42 Å². The van der Waals surface area contributed by atoms with Crippen LogP contribution >= 0.6 is 11.8 Å². The topological polar surface area (TPSA) is 26.3 Å². The molecule has 1 saturated heterocycles. The monoisotopic (exact) mass is 202 g/mol. The summed E-state index contributed by atoms with van der Waals surface area (Å²) in [7, 11) is 0. The fourth-order valence-electron chi connectivity index (χ4n) is 1.39. The van der Waals surface area contributed by atoms with Gasteiger partial charge in [-0.25, -0.2) is 0 Å². The maximum absolute atomic E-state index is 10.9. The Hall–Kier alpha value is -0.180. The first-order valence-electron chi connectivity index (χ1n) is 5.10. The van der Waals surface area contributed by atoms with Gasteiger partial charge in [-0.3, -0.25) is 4.79 Å². The molecule has 0 spiro atoms. The van der Waals surface area contributed by atoms with Crippen molar-refractivity contribution < 1.29 is 9.53 Å². The minimum atomic E-state index is -0.0382. The van der Waals surface area contributed by atoms with Gasteiger partial charge in [0.05, 0.1) is 6.61 Å². The Bertz CT molecular complexity index is 155. The fraction of sp³-hybridized carbons (Fsp3) is 0.900. The van der Waals surface area contributed by atoms with Gasteiger partial charge < -0.3 is 4.74 Å². The lowest BCUT2D eigenvalue weighted by atomic mass is 10.1. The number of ether oxygens (including phenoxy) is 1. The molecular weight excluding hydrogens is 184 g/mol. The number of rotatable bonds is 6. The van der Waals surface area contributed by atoms with Gasteiger partial charge in [0.25, 0.3) is 0 Å². The lowest BCUT2D eigenvalue weighted by Crippen LogP contribution is -2.15. The lowest BCUT2D eigenvalue weighted by Gasteiger charge is -2.24. The highest BCUT2D eigenvalue weighted by molar-refractivity contribution is 8.01. The van der Waals surface area contributed by atoms with E-state index in [2.05, 4.69) is 11.8 Å². The van der Waals surface area contributed by atoms with E-state index < -0.39 is 0 Å². The lowest BCUT2D eigenvalue weighted by molar-refractivity contribution is -0.143. The molecule has 13 heavy (non-hydrogen) atoms. The number of hydrogen-bond acceptors (Lipinski definition) is 3. The van der Waals surface area contributed by atoms with Crippen molar-refractivity contribution in [2.75, 3.05) is 12.4 Å². The molecule has 1 aliphatic heterocycles. The van der Waals surface area contributed by atoms with Crippen LogP contribution in [0.3, 0.4) is 0 Å². The summed E-state index contributed by atoms with van der Waals surface area (Å²) in [5.74, 6) is 1.30. The highest BCUT2D eigenvalue weighted by atomic mass is 32.2. The predicted octanol–water partition coefficient (Wildman–Crippen LogP) is 2.62. The van der Waals surface area contributed by atoms with Crippen LogP contribution in [0.1, 0.15) is 39.0 Å². The molecule has 1 fully saturated rings. The summed E-state index contributed by atoms with van der Waals surface area (Å²) < 4.78 is 4.85. The molecule has 0 N–H and O–H groups in total. The summed E-state index contributed by atoms with van der Waals surface area (Å²) >= 11 is 2.06. The molecule has 76 valence electrons. The minimum absolute atomic E-state index is 0.0382. The molecule has 1 aliphatic rings. The molecule has 0 saturated carbocycles. The Kier molecular flexibility index (Phi) is 5.28. The van der Waals surface area contributed by atoms with Gasteiger partial charge in [-0.2, -0.15) is 11.8 Å². The number of esters is 1. The molecule has 0 aromatic heterocycles. The number of hydrogen-bond donors (Lipinski definition) is 0. The molecule has 0 aromatic carbocycles. The zero-order valence-corrected chi connectivity index (χ0v) is 9.07. The molecular formula is C10H18O2S. The van der Waals surface area contributed by atoms with Crippen LogP contribution in [-0.2, 0) is 9.53 Å². The molecule has 1 atom stereocenters. The van der Waals surface area contributed by atoms with Crippen LogP contribution in [-0.4, -0.2) is 23.6 Å². The third-order valence-electron chi connectivity index (χ3n) is 2.26. The smallest absolute Gasteiger partial charge is 0.305 e. The largest absolute Gasteiger partial charge is 0.466 e. The van der Waals surface area contributed by atoms with Crippen LogP contribution in [0.2, 0.25) is 0 Å². The average Bonchev–Trinajstić information content (AvgIpc) is 2.01. The van der Waals surface area contributed by atoms with Crippen molar-refractivity contribution in [1.29, 1.82) is 0 Å². The van der Waals surface area contributed by atoms with Crippen LogP contribution in [0.25, 0.3) is 0 Å². The summed E-state index contributed by atoms with van der Waals surface area (Å²) in [6.45, 7) is 2.36. The Morgan fingerprint density at radius 3 is 2.85 bits per heavy atom. The van der Waals surface area contributed by atoms with Crippen molar-refractivity contribution in [2.24, 2.45) is 0 Å². The van der Waals surface area contributed by atoms with Crippen LogP contribution in [0, 0.1) is 0 Å². The molecule has 1 rings (SSSR count). The molecule has 2 nitrogen and oxygen atoms in total. The zero-order chi connectivity index (χ0) is 9.52. The maximum Gasteiger partial charge on any atom is 0.305 e. The zero-order valence-electron chi connectivity index (χ0n) is 8.25. The third-order valence-corrected chi connectivity index (χ3v) is 3.67. The van der Waals surface area contributed by atoms with Crippen LogP contribution in [0.4, 0.5) is 0 Å². The van der Waals surface area contributed by atoms with Crippen LogP contribution < -0.4 is 0 Å². The number of carbonyl (C=O) groups excluding carboxylic acids is 1. The quantitative estimate of drug-likeness (QED) is 0.489. The van der Waals surface area contributed by atoms with Gasteiger partial charge in [0.1, 0.15) is 0 Å². The minimum Gasteiger partial charge on any atom is -0.466 e. The summed E-state index contributed by atoms with van der Waals surface area (Å²) in [5, 5.41) is 0.891. The number of unbranched alkanes of at least 4 members (excludes halogenated alkanes) is 1. The number of thioether (sulfide) groups is 1. The standard InChI is InChI=1S/C10H18O2S/c1-2-12-10(11)6-4-3-5-9-7-8-13-9/h9H,2-8H2,1H3. The Labute approximate surface area is 84.4 Å². The van der Waals surface area contributed by atoms with E-state index in [0.717, 1.165) is 11.7 Å². The van der Waals surface area contributed by atoms with E-state index >= 15 is 0 Å². The Morgan fingerprint density at radius 2 is 2.31 bits per heavy atom. The van der Waals surface area contributed by atoms with Gasteiger partial charge in [0.2, 0.25) is 0 Å². The average molecular weight is 202 g/mol. The molecule has 1 unspecified atom stereocenters. The van der Waals surface area contributed by atoms with Crippen LogP contribution in [0.5, 0.6) is 0 Å². The van der Waals surface area contributed by atoms with E-state index in [1.54, 1.807) is 0 Å². The fourth-order valence-corrected chi connectivity index (χ4v) is 2.29. The first-order chi connectivity index (χ1) is 6.33. The Morgan fingerprint density at radius 1 is 1.54 bits per heavy atom. The van der Waals surface area contributed by atoms with Crippen molar-refractivity contribution in [1.82, 2.24) is 0 Å².